The number of unbranched alkanes of at least 4 members (excludes halogenated alkanes) is 20. The molecule has 2 aromatic heterocycles. The van der Waals surface area contributed by atoms with Crippen molar-refractivity contribution in [3.8, 4) is 66.8 Å². The number of pyridine rings is 2. The fourth-order valence-electron chi connectivity index (χ4n) is 15.8. The van der Waals surface area contributed by atoms with Crippen LogP contribution in [-0.2, 0) is 10.8 Å². The van der Waals surface area contributed by atoms with Gasteiger partial charge in [0, 0.05) is 35.6 Å². The standard InChI is InChI=1S/C90H104N2/c1-5-9-13-17-21-31-55-89(56-32-22-18-14-10-6-2)85-65-73(71-35-27-25-28-36-71)43-47-79(85)80-48-44-74(66-86(80)89)75-45-49-81-82-50-46-78(68-88(82)90(87(81)67-75,57-33-23-19-15-11-7-3)58-34-24-20-16-12-8-4)84-64-76(41-39-69-51-59-91-60-52-69)83(72-37-29-26-30-38-72)63-77(84)42-40-70-53-61-92-62-54-70/h25-30,35-54,59-68H,5-24,31-34,55-58H2,1-4H3/b41-39+,42-40+. The van der Waals surface area contributed by atoms with Crippen LogP contribution in [0.4, 0.5) is 0 Å². The molecule has 0 bridgehead atoms. The summed E-state index contributed by atoms with van der Waals surface area (Å²) in [6.07, 6.45) is 52.6. The Labute approximate surface area is 555 Å². The van der Waals surface area contributed by atoms with E-state index >= 15 is 0 Å². The predicted octanol–water partition coefficient (Wildman–Crippen LogP) is 27.0. The van der Waals surface area contributed by atoms with Crippen LogP contribution in [0, 0.1) is 0 Å². The number of aromatic nitrogens is 2. The van der Waals surface area contributed by atoms with Gasteiger partial charge in [-0.05, 0) is 198 Å². The number of benzene rings is 7. The van der Waals surface area contributed by atoms with E-state index in [9.17, 15) is 0 Å². The van der Waals surface area contributed by atoms with Gasteiger partial charge in [0.25, 0.3) is 0 Å². The molecule has 0 atom stereocenters. The molecule has 7 aromatic carbocycles. The van der Waals surface area contributed by atoms with Gasteiger partial charge in [-0.3, -0.25) is 9.97 Å². The fourth-order valence-corrected chi connectivity index (χ4v) is 15.8. The molecule has 11 rings (SSSR count). The van der Waals surface area contributed by atoms with Crippen molar-refractivity contribution >= 4 is 24.3 Å². The van der Waals surface area contributed by atoms with Crippen molar-refractivity contribution < 1.29 is 0 Å². The van der Waals surface area contributed by atoms with E-state index in [-0.39, 0.29) is 10.8 Å². The van der Waals surface area contributed by atoms with Crippen LogP contribution in [0.25, 0.3) is 91.1 Å². The summed E-state index contributed by atoms with van der Waals surface area (Å²) in [5.74, 6) is 0. The zero-order valence-corrected chi connectivity index (χ0v) is 56.5. The highest BCUT2D eigenvalue weighted by atomic mass is 14.6. The van der Waals surface area contributed by atoms with Gasteiger partial charge in [0.2, 0.25) is 0 Å². The van der Waals surface area contributed by atoms with E-state index < -0.39 is 0 Å². The summed E-state index contributed by atoms with van der Waals surface area (Å²) < 4.78 is 0. The molecule has 0 amide bonds. The van der Waals surface area contributed by atoms with Crippen LogP contribution >= 0.6 is 0 Å². The molecular formula is C90H104N2. The maximum absolute atomic E-state index is 4.37. The van der Waals surface area contributed by atoms with Gasteiger partial charge in [0.15, 0.2) is 0 Å². The summed E-state index contributed by atoms with van der Waals surface area (Å²) in [4.78, 5) is 8.72. The highest BCUT2D eigenvalue weighted by Crippen LogP contribution is 2.59. The normalized spacial score (nSPS) is 13.4. The van der Waals surface area contributed by atoms with Gasteiger partial charge < -0.3 is 0 Å². The second kappa shape index (κ2) is 33.2. The Morgan fingerprint density at radius 1 is 0.250 bits per heavy atom. The Morgan fingerprint density at radius 3 is 0.902 bits per heavy atom. The number of hydrogen-bond donors (Lipinski definition) is 0. The van der Waals surface area contributed by atoms with Gasteiger partial charge in [-0.2, -0.15) is 0 Å². The van der Waals surface area contributed by atoms with Crippen molar-refractivity contribution in [3.05, 3.63) is 239 Å². The van der Waals surface area contributed by atoms with E-state index in [1.54, 1.807) is 16.7 Å². The summed E-state index contributed by atoms with van der Waals surface area (Å²) >= 11 is 0. The van der Waals surface area contributed by atoms with Crippen molar-refractivity contribution in [1.82, 2.24) is 9.97 Å². The first-order chi connectivity index (χ1) is 45.5. The highest BCUT2D eigenvalue weighted by Gasteiger charge is 2.45. The first kappa shape index (κ1) is 65.8. The first-order valence-corrected chi connectivity index (χ1v) is 36.5. The Hall–Kier alpha value is -7.68. The molecule has 0 saturated carbocycles. The third kappa shape index (κ3) is 15.7. The molecule has 0 N–H and O–H groups in total. The maximum Gasteiger partial charge on any atom is 0.0273 e. The number of rotatable bonds is 36. The molecule has 2 nitrogen and oxygen atoms in total. The van der Waals surface area contributed by atoms with Crippen molar-refractivity contribution in [2.45, 2.75) is 218 Å². The minimum Gasteiger partial charge on any atom is -0.265 e. The molecule has 2 heterocycles. The van der Waals surface area contributed by atoms with Crippen molar-refractivity contribution in [2.24, 2.45) is 0 Å². The zero-order valence-electron chi connectivity index (χ0n) is 56.5. The Kier molecular flexibility index (Phi) is 23.8. The van der Waals surface area contributed by atoms with E-state index in [4.69, 9.17) is 0 Å². The second-order valence-electron chi connectivity index (χ2n) is 27.3. The van der Waals surface area contributed by atoms with Crippen LogP contribution in [0.5, 0.6) is 0 Å². The molecular weight excluding hydrogens is 1110 g/mol. The summed E-state index contributed by atoms with van der Waals surface area (Å²) in [6.45, 7) is 9.38. The van der Waals surface area contributed by atoms with E-state index in [2.05, 4.69) is 232 Å². The van der Waals surface area contributed by atoms with Gasteiger partial charge in [0.1, 0.15) is 0 Å². The average molecular weight is 1210 g/mol. The third-order valence-electron chi connectivity index (χ3n) is 20.9. The average Bonchev–Trinajstić information content (AvgIpc) is 2.06. The maximum atomic E-state index is 4.37. The van der Waals surface area contributed by atoms with E-state index in [0.29, 0.717) is 0 Å². The molecule has 9 aromatic rings. The Bertz CT molecular complexity index is 3780. The molecule has 2 aliphatic rings. The monoisotopic (exact) mass is 1210 g/mol. The van der Waals surface area contributed by atoms with Gasteiger partial charge in [-0.1, -0.05) is 315 Å². The van der Waals surface area contributed by atoms with E-state index in [1.807, 2.05) is 24.8 Å². The van der Waals surface area contributed by atoms with Crippen LogP contribution in [0.2, 0.25) is 0 Å². The van der Waals surface area contributed by atoms with E-state index in [1.165, 1.54) is 250 Å². The van der Waals surface area contributed by atoms with Crippen molar-refractivity contribution in [1.29, 1.82) is 0 Å². The molecule has 0 saturated heterocycles. The predicted molar refractivity (Wildman–Crippen MR) is 399 cm³/mol. The molecule has 2 heteroatoms. The van der Waals surface area contributed by atoms with Crippen molar-refractivity contribution in [3.63, 3.8) is 0 Å². The lowest BCUT2D eigenvalue weighted by atomic mass is 9.69. The van der Waals surface area contributed by atoms with Crippen LogP contribution < -0.4 is 0 Å². The summed E-state index contributed by atoms with van der Waals surface area (Å²) in [5, 5.41) is 0. The van der Waals surface area contributed by atoms with Gasteiger partial charge >= 0.3 is 0 Å². The summed E-state index contributed by atoms with van der Waals surface area (Å²) in [5.41, 5.74) is 26.9. The van der Waals surface area contributed by atoms with Crippen molar-refractivity contribution in [2.75, 3.05) is 0 Å². The topological polar surface area (TPSA) is 25.8 Å². The smallest absolute Gasteiger partial charge is 0.0273 e. The van der Waals surface area contributed by atoms with Gasteiger partial charge in [0.05, 0.1) is 0 Å². The quantitative estimate of drug-likeness (QED) is 0.0366. The van der Waals surface area contributed by atoms with Gasteiger partial charge in [-0.15, -0.1) is 0 Å². The van der Waals surface area contributed by atoms with Crippen LogP contribution in [0.15, 0.2) is 195 Å². The largest absolute Gasteiger partial charge is 0.265 e. The lowest BCUT2D eigenvalue weighted by Crippen LogP contribution is -2.26. The molecule has 2 aliphatic carbocycles. The Balaban J connectivity index is 1.06. The fraction of sp³-hybridized carbons (Fsp3) is 0.378. The molecule has 0 aliphatic heterocycles. The molecule has 474 valence electrons. The van der Waals surface area contributed by atoms with Crippen LogP contribution in [0.3, 0.4) is 0 Å². The highest BCUT2D eigenvalue weighted by molar-refractivity contribution is 5.93. The minimum absolute atomic E-state index is 0.0377. The third-order valence-corrected chi connectivity index (χ3v) is 20.9. The molecule has 0 unspecified atom stereocenters. The lowest BCUT2D eigenvalue weighted by molar-refractivity contribution is 0.397. The summed E-state index contributed by atoms with van der Waals surface area (Å²) in [7, 11) is 0. The number of nitrogens with zero attached hydrogens (tertiary/aromatic N) is 2. The first-order valence-electron chi connectivity index (χ1n) is 36.5. The molecule has 92 heavy (non-hydrogen) atoms. The lowest BCUT2D eigenvalue weighted by Gasteiger charge is -2.34. The Morgan fingerprint density at radius 2 is 0.543 bits per heavy atom. The second-order valence-corrected chi connectivity index (χ2v) is 27.3. The minimum atomic E-state index is -0.132. The molecule has 0 fully saturated rings. The van der Waals surface area contributed by atoms with Crippen LogP contribution in [0.1, 0.15) is 252 Å². The number of fused-ring (bicyclic) bond motifs is 6. The van der Waals surface area contributed by atoms with Gasteiger partial charge in [-0.25, -0.2) is 0 Å². The summed E-state index contributed by atoms with van der Waals surface area (Å²) in [6, 6.07) is 66.2. The molecule has 0 spiro atoms. The van der Waals surface area contributed by atoms with E-state index in [0.717, 1.165) is 24.0 Å². The number of hydrogen-bond acceptors (Lipinski definition) is 2. The SMILES string of the molecule is CCCCCCCCC1(CCCCCCCC)c2cc(-c3ccccc3)ccc2-c2ccc(-c3ccc4c(c3)C(CCCCCCCC)(CCCCCCCC)c3cc(-c5cc(/C=C/c6ccncc6)c(-c6ccccc6)cc5/C=C/c5ccncc5)ccc3-4)cc21. The van der Waals surface area contributed by atoms with Crippen LogP contribution in [-0.4, -0.2) is 9.97 Å². The zero-order chi connectivity index (χ0) is 63.2. The molecule has 0 radical (unpaired) electrons.